The topological polar surface area (TPSA) is 93.9 Å². The van der Waals surface area contributed by atoms with Gasteiger partial charge in [-0.25, -0.2) is 14.2 Å². The van der Waals surface area contributed by atoms with E-state index in [-0.39, 0.29) is 23.9 Å². The number of esters is 1. The fourth-order valence-electron chi connectivity index (χ4n) is 1.41. The number of anilines is 1. The maximum absolute atomic E-state index is 12.9. The highest BCUT2D eigenvalue weighted by atomic mass is 19.1. The number of halogens is 1. The molecule has 0 unspecified atom stereocenters. The first-order valence-electron chi connectivity index (χ1n) is 5.26. The van der Waals surface area contributed by atoms with Crippen LogP contribution in [0.1, 0.15) is 17.5 Å². The predicted molar refractivity (Wildman–Crippen MR) is 62.1 cm³/mol. The molecule has 94 valence electrons. The Kier molecular flexibility index (Phi) is 3.22. The maximum atomic E-state index is 12.9. The number of nitrogens with two attached hydrogens (primary N) is 1. The van der Waals surface area contributed by atoms with Crippen molar-refractivity contribution < 1.29 is 13.9 Å². The van der Waals surface area contributed by atoms with Crippen molar-refractivity contribution in [3.63, 3.8) is 0 Å². The molecule has 0 amide bonds. The average molecular weight is 250 g/mol. The Morgan fingerprint density at radius 3 is 3.00 bits per heavy atom. The molecule has 0 radical (unpaired) electrons. The normalized spacial score (nSPS) is 10.3. The highest BCUT2D eigenvalue weighted by Crippen LogP contribution is 2.23. The number of carbonyl (C=O) groups is 1. The molecule has 0 aliphatic carbocycles. The van der Waals surface area contributed by atoms with E-state index in [0.29, 0.717) is 5.56 Å². The number of aromatic nitrogens is 3. The number of rotatable bonds is 3. The molecule has 0 bridgehead atoms. The van der Waals surface area contributed by atoms with Gasteiger partial charge in [-0.3, -0.25) is 5.10 Å². The minimum absolute atomic E-state index is 0.0180. The minimum Gasteiger partial charge on any atom is -0.460 e. The largest absolute Gasteiger partial charge is 0.460 e. The summed E-state index contributed by atoms with van der Waals surface area (Å²) in [7, 11) is 0. The Balaban J connectivity index is 2.32. The molecule has 0 aliphatic heterocycles. The second kappa shape index (κ2) is 4.82. The van der Waals surface area contributed by atoms with Gasteiger partial charge in [-0.2, -0.15) is 5.10 Å². The van der Waals surface area contributed by atoms with E-state index in [1.54, 1.807) is 6.92 Å². The van der Waals surface area contributed by atoms with Gasteiger partial charge in [0.1, 0.15) is 5.82 Å². The van der Waals surface area contributed by atoms with Crippen molar-refractivity contribution in [1.29, 1.82) is 0 Å². The predicted octanol–water partition coefficient (Wildman–Crippen LogP) is 1.37. The molecule has 18 heavy (non-hydrogen) atoms. The standard InChI is InChI=1S/C11H11FN4O2/c1-2-18-11(17)10-14-9(15-16-10)7-4-3-6(12)5-8(7)13/h3-5H,2,13H2,1H3,(H,14,15,16). The second-order valence-corrected chi connectivity index (χ2v) is 3.46. The van der Waals surface area contributed by atoms with Gasteiger partial charge in [0.25, 0.3) is 0 Å². The van der Waals surface area contributed by atoms with E-state index in [1.807, 2.05) is 0 Å². The lowest BCUT2D eigenvalue weighted by Crippen LogP contribution is -2.06. The third-order valence-electron chi connectivity index (χ3n) is 2.21. The van der Waals surface area contributed by atoms with Gasteiger partial charge in [0, 0.05) is 11.3 Å². The fourth-order valence-corrected chi connectivity index (χ4v) is 1.41. The minimum atomic E-state index is -0.600. The van der Waals surface area contributed by atoms with Crippen LogP contribution < -0.4 is 5.73 Å². The van der Waals surface area contributed by atoms with Crippen LogP contribution in [0.3, 0.4) is 0 Å². The first-order chi connectivity index (χ1) is 8.61. The molecule has 1 aromatic heterocycles. The van der Waals surface area contributed by atoms with Crippen molar-refractivity contribution in [2.75, 3.05) is 12.3 Å². The zero-order chi connectivity index (χ0) is 13.1. The zero-order valence-corrected chi connectivity index (χ0v) is 9.61. The van der Waals surface area contributed by atoms with Crippen LogP contribution in [0.25, 0.3) is 11.4 Å². The lowest BCUT2D eigenvalue weighted by molar-refractivity contribution is 0.0512. The van der Waals surface area contributed by atoms with Gasteiger partial charge < -0.3 is 10.5 Å². The number of aromatic amines is 1. The van der Waals surface area contributed by atoms with E-state index in [4.69, 9.17) is 10.5 Å². The molecule has 0 spiro atoms. The fraction of sp³-hybridized carbons (Fsp3) is 0.182. The third kappa shape index (κ3) is 2.29. The summed E-state index contributed by atoms with van der Waals surface area (Å²) in [5.74, 6) is -0.847. The molecule has 0 saturated carbocycles. The Bertz CT molecular complexity index is 582. The van der Waals surface area contributed by atoms with Gasteiger partial charge in [-0.15, -0.1) is 0 Å². The number of nitrogens with one attached hydrogen (secondary N) is 1. The van der Waals surface area contributed by atoms with Crippen LogP contribution in [0.5, 0.6) is 0 Å². The van der Waals surface area contributed by atoms with Gasteiger partial charge in [0.15, 0.2) is 5.82 Å². The average Bonchev–Trinajstić information content (AvgIpc) is 2.78. The monoisotopic (exact) mass is 250 g/mol. The summed E-state index contributed by atoms with van der Waals surface area (Å²) in [5.41, 5.74) is 6.29. The van der Waals surface area contributed by atoms with E-state index in [2.05, 4.69) is 15.2 Å². The van der Waals surface area contributed by atoms with Crippen molar-refractivity contribution in [3.05, 3.63) is 29.8 Å². The summed E-state index contributed by atoms with van der Waals surface area (Å²) in [4.78, 5) is 15.3. The number of hydrogen-bond donors (Lipinski definition) is 2. The number of carbonyl (C=O) groups excluding carboxylic acids is 1. The number of H-pyrrole nitrogens is 1. The highest BCUT2D eigenvalue weighted by Gasteiger charge is 2.15. The van der Waals surface area contributed by atoms with Gasteiger partial charge in [-0.1, -0.05) is 0 Å². The van der Waals surface area contributed by atoms with Crippen molar-refractivity contribution in [1.82, 2.24) is 15.2 Å². The van der Waals surface area contributed by atoms with Crippen LogP contribution in [0.4, 0.5) is 10.1 Å². The molecule has 0 fully saturated rings. The molecular weight excluding hydrogens is 239 g/mol. The molecule has 2 aromatic rings. The molecule has 0 atom stereocenters. The van der Waals surface area contributed by atoms with Gasteiger partial charge in [-0.05, 0) is 25.1 Å². The van der Waals surface area contributed by atoms with Crippen LogP contribution in [0.15, 0.2) is 18.2 Å². The third-order valence-corrected chi connectivity index (χ3v) is 2.21. The Morgan fingerprint density at radius 2 is 2.33 bits per heavy atom. The lowest BCUT2D eigenvalue weighted by Gasteiger charge is -2.00. The summed E-state index contributed by atoms with van der Waals surface area (Å²) < 4.78 is 17.7. The molecule has 3 N–H and O–H groups in total. The van der Waals surface area contributed by atoms with E-state index in [9.17, 15) is 9.18 Å². The van der Waals surface area contributed by atoms with Crippen LogP contribution in [-0.4, -0.2) is 27.8 Å². The summed E-state index contributed by atoms with van der Waals surface area (Å²) in [6.45, 7) is 1.93. The van der Waals surface area contributed by atoms with Crippen molar-refractivity contribution in [3.8, 4) is 11.4 Å². The Morgan fingerprint density at radius 1 is 1.56 bits per heavy atom. The van der Waals surface area contributed by atoms with Crippen LogP contribution >= 0.6 is 0 Å². The zero-order valence-electron chi connectivity index (χ0n) is 9.61. The van der Waals surface area contributed by atoms with Crippen LogP contribution in [-0.2, 0) is 4.74 Å². The molecule has 6 nitrogen and oxygen atoms in total. The molecule has 0 aliphatic rings. The van der Waals surface area contributed by atoms with E-state index in [1.165, 1.54) is 12.1 Å². The molecular formula is C11H11FN4O2. The Labute approximate surface area is 102 Å². The first kappa shape index (κ1) is 12.0. The van der Waals surface area contributed by atoms with Crippen molar-refractivity contribution in [2.45, 2.75) is 6.92 Å². The van der Waals surface area contributed by atoms with Gasteiger partial charge >= 0.3 is 5.97 Å². The van der Waals surface area contributed by atoms with Crippen LogP contribution in [0, 0.1) is 5.82 Å². The lowest BCUT2D eigenvalue weighted by atomic mass is 10.1. The number of benzene rings is 1. The number of nitrogen functional groups attached to an aromatic ring is 1. The smallest absolute Gasteiger partial charge is 0.375 e. The Hall–Kier alpha value is -2.44. The number of ether oxygens (including phenoxy) is 1. The quantitative estimate of drug-likeness (QED) is 0.633. The first-order valence-corrected chi connectivity index (χ1v) is 5.26. The molecule has 1 aromatic carbocycles. The van der Waals surface area contributed by atoms with E-state index < -0.39 is 11.8 Å². The van der Waals surface area contributed by atoms with Crippen LogP contribution in [0.2, 0.25) is 0 Å². The molecule has 0 saturated heterocycles. The summed E-state index contributed by atoms with van der Waals surface area (Å²) in [6, 6.07) is 3.85. The second-order valence-electron chi connectivity index (χ2n) is 3.46. The maximum Gasteiger partial charge on any atom is 0.375 e. The van der Waals surface area contributed by atoms with Crippen molar-refractivity contribution in [2.24, 2.45) is 0 Å². The van der Waals surface area contributed by atoms with Crippen molar-refractivity contribution >= 4 is 11.7 Å². The van der Waals surface area contributed by atoms with E-state index >= 15 is 0 Å². The van der Waals surface area contributed by atoms with Gasteiger partial charge in [0.2, 0.25) is 5.82 Å². The number of nitrogens with zero attached hydrogens (tertiary/aromatic N) is 2. The molecule has 2 rings (SSSR count). The highest BCUT2D eigenvalue weighted by molar-refractivity contribution is 5.86. The van der Waals surface area contributed by atoms with E-state index in [0.717, 1.165) is 6.07 Å². The summed E-state index contributed by atoms with van der Waals surface area (Å²) in [5, 5.41) is 6.29. The molecule has 1 heterocycles. The summed E-state index contributed by atoms with van der Waals surface area (Å²) in [6.07, 6.45) is 0. The SMILES string of the molecule is CCOC(=O)c1nc(-c2ccc(F)cc2N)n[nH]1. The number of hydrogen-bond acceptors (Lipinski definition) is 5. The summed E-state index contributed by atoms with van der Waals surface area (Å²) >= 11 is 0. The van der Waals surface area contributed by atoms with Gasteiger partial charge in [0.05, 0.1) is 6.61 Å². The molecule has 7 heteroatoms.